The van der Waals surface area contributed by atoms with E-state index in [-0.39, 0.29) is 43.1 Å². The van der Waals surface area contributed by atoms with E-state index in [2.05, 4.69) is 22.5 Å². The van der Waals surface area contributed by atoms with Crippen LogP contribution >= 0.6 is 24.0 Å². The molecule has 6 nitrogen and oxygen atoms in total. The topological polar surface area (TPSA) is 73.8 Å². The number of halogens is 4. The Bertz CT molecular complexity index is 608. The molecule has 2 fully saturated rings. The van der Waals surface area contributed by atoms with Crippen LogP contribution in [0, 0.1) is 11.8 Å². The molecule has 1 aliphatic heterocycles. The number of hydrogen-bond acceptors (Lipinski definition) is 3. The zero-order chi connectivity index (χ0) is 20.1. The van der Waals surface area contributed by atoms with Crippen molar-refractivity contribution < 1.29 is 21.6 Å². The normalized spacial score (nSPS) is 25.8. The Hall–Kier alpha value is -0.300. The summed E-state index contributed by atoms with van der Waals surface area (Å²) in [6, 6.07) is -0.0920. The largest absolute Gasteiger partial charge is 0.511 e. The van der Waals surface area contributed by atoms with Crippen molar-refractivity contribution in [2.24, 2.45) is 16.8 Å². The predicted octanol–water partition coefficient (Wildman–Crippen LogP) is 3.30. The summed E-state index contributed by atoms with van der Waals surface area (Å²) in [6.07, 6.45) is 6.85. The van der Waals surface area contributed by atoms with E-state index in [1.165, 1.54) is 25.7 Å². The first kappa shape index (κ1) is 25.7. The molecule has 0 amide bonds. The van der Waals surface area contributed by atoms with E-state index in [9.17, 15) is 21.6 Å². The van der Waals surface area contributed by atoms with Crippen LogP contribution in [0.15, 0.2) is 4.99 Å². The highest BCUT2D eigenvalue weighted by Crippen LogP contribution is 2.30. The number of aliphatic imine (C=N–C) groups is 1. The van der Waals surface area contributed by atoms with Crippen molar-refractivity contribution >= 4 is 40.0 Å². The second-order valence-electron chi connectivity index (χ2n) is 7.69. The molecular formula is C17H32F3IN4O2S. The number of nitrogens with zero attached hydrogens (tertiary/aromatic N) is 2. The summed E-state index contributed by atoms with van der Waals surface area (Å²) in [5.41, 5.74) is -5.23. The maximum Gasteiger partial charge on any atom is 0.511 e. The number of nitrogens with one attached hydrogen (secondary N) is 2. The zero-order valence-corrected chi connectivity index (χ0v) is 19.6. The monoisotopic (exact) mass is 540 g/mol. The molecule has 1 aliphatic carbocycles. The van der Waals surface area contributed by atoms with Crippen molar-refractivity contribution in [3.05, 3.63) is 0 Å². The fourth-order valence-corrected chi connectivity index (χ4v) is 4.98. The molecule has 2 rings (SSSR count). The minimum atomic E-state index is -5.23. The average molecular weight is 540 g/mol. The number of rotatable bonds is 5. The first-order valence-electron chi connectivity index (χ1n) is 9.67. The van der Waals surface area contributed by atoms with Crippen LogP contribution in [0.5, 0.6) is 0 Å². The van der Waals surface area contributed by atoms with Crippen molar-refractivity contribution in [2.75, 3.05) is 26.7 Å². The van der Waals surface area contributed by atoms with Crippen LogP contribution in [0.2, 0.25) is 0 Å². The van der Waals surface area contributed by atoms with Gasteiger partial charge in [-0.1, -0.05) is 26.2 Å². The lowest BCUT2D eigenvalue weighted by Crippen LogP contribution is -2.51. The van der Waals surface area contributed by atoms with E-state index in [0.717, 1.165) is 24.8 Å². The van der Waals surface area contributed by atoms with Gasteiger partial charge < -0.3 is 10.6 Å². The third-order valence-corrected chi connectivity index (χ3v) is 7.17. The predicted molar refractivity (Wildman–Crippen MR) is 115 cm³/mol. The fraction of sp³-hybridized carbons (Fsp3) is 0.941. The Balaban J connectivity index is 0.00000392. The van der Waals surface area contributed by atoms with Crippen LogP contribution in [0.3, 0.4) is 0 Å². The van der Waals surface area contributed by atoms with Gasteiger partial charge in [0, 0.05) is 32.7 Å². The van der Waals surface area contributed by atoms with Crippen LogP contribution < -0.4 is 10.6 Å². The van der Waals surface area contributed by atoms with Gasteiger partial charge in [-0.3, -0.25) is 4.99 Å². The Labute approximate surface area is 183 Å². The van der Waals surface area contributed by atoms with Crippen molar-refractivity contribution in [1.82, 2.24) is 14.9 Å². The lowest BCUT2D eigenvalue weighted by atomic mass is 9.81. The van der Waals surface area contributed by atoms with Crippen molar-refractivity contribution in [3.63, 3.8) is 0 Å². The molecule has 1 heterocycles. The summed E-state index contributed by atoms with van der Waals surface area (Å²) in [5, 5.41) is 6.47. The van der Waals surface area contributed by atoms with Crippen molar-refractivity contribution in [3.8, 4) is 0 Å². The zero-order valence-electron chi connectivity index (χ0n) is 16.5. The average Bonchev–Trinajstić information content (AvgIpc) is 2.60. The minimum absolute atomic E-state index is 0. The quantitative estimate of drug-likeness (QED) is 0.319. The summed E-state index contributed by atoms with van der Waals surface area (Å²) < 4.78 is 61.3. The number of sulfonamides is 1. The second-order valence-corrected chi connectivity index (χ2v) is 9.62. The van der Waals surface area contributed by atoms with Gasteiger partial charge in [-0.2, -0.15) is 17.5 Å². The summed E-state index contributed by atoms with van der Waals surface area (Å²) in [7, 11) is -3.57. The molecule has 0 radical (unpaired) electrons. The van der Waals surface area contributed by atoms with Gasteiger partial charge in [-0.05, 0) is 37.5 Å². The van der Waals surface area contributed by atoms with Crippen molar-refractivity contribution in [2.45, 2.75) is 63.4 Å². The molecule has 1 saturated heterocycles. The number of piperidine rings is 1. The molecule has 28 heavy (non-hydrogen) atoms. The van der Waals surface area contributed by atoms with E-state index >= 15 is 0 Å². The second kappa shape index (κ2) is 11.2. The molecule has 166 valence electrons. The van der Waals surface area contributed by atoms with Gasteiger partial charge in [0.05, 0.1) is 0 Å². The number of alkyl halides is 3. The Morgan fingerprint density at radius 3 is 2.36 bits per heavy atom. The lowest BCUT2D eigenvalue weighted by Gasteiger charge is -2.32. The highest BCUT2D eigenvalue weighted by molar-refractivity contribution is 14.0. The van der Waals surface area contributed by atoms with Crippen LogP contribution in [-0.2, 0) is 10.0 Å². The van der Waals surface area contributed by atoms with Crippen LogP contribution in [0.25, 0.3) is 0 Å². The smallest absolute Gasteiger partial charge is 0.356 e. The molecule has 0 spiro atoms. The maximum absolute atomic E-state index is 12.6. The third kappa shape index (κ3) is 7.19. The summed E-state index contributed by atoms with van der Waals surface area (Å²) >= 11 is 0. The van der Waals surface area contributed by atoms with Gasteiger partial charge in [0.1, 0.15) is 0 Å². The minimum Gasteiger partial charge on any atom is -0.356 e. The molecule has 2 atom stereocenters. The molecular weight excluding hydrogens is 508 g/mol. The van der Waals surface area contributed by atoms with Gasteiger partial charge >= 0.3 is 15.5 Å². The molecule has 0 aromatic rings. The van der Waals surface area contributed by atoms with E-state index in [1.54, 1.807) is 7.05 Å². The van der Waals surface area contributed by atoms with Gasteiger partial charge in [-0.25, -0.2) is 8.42 Å². The van der Waals surface area contributed by atoms with E-state index in [0.29, 0.717) is 23.1 Å². The summed E-state index contributed by atoms with van der Waals surface area (Å²) in [6.45, 7) is 2.82. The van der Waals surface area contributed by atoms with E-state index in [4.69, 9.17) is 0 Å². The number of guanidine groups is 1. The van der Waals surface area contributed by atoms with Crippen LogP contribution in [0.1, 0.15) is 51.9 Å². The molecule has 0 aromatic heterocycles. The molecule has 0 bridgehead atoms. The van der Waals surface area contributed by atoms with Crippen LogP contribution in [0.4, 0.5) is 13.2 Å². The Kier molecular flexibility index (Phi) is 10.3. The Morgan fingerprint density at radius 2 is 1.82 bits per heavy atom. The molecule has 11 heteroatoms. The molecule has 1 saturated carbocycles. The first-order valence-corrected chi connectivity index (χ1v) is 11.1. The van der Waals surface area contributed by atoms with Gasteiger partial charge in [0.25, 0.3) is 0 Å². The number of hydrogen-bond donors (Lipinski definition) is 2. The highest BCUT2D eigenvalue weighted by Gasteiger charge is 2.50. The van der Waals surface area contributed by atoms with Gasteiger partial charge in [-0.15, -0.1) is 24.0 Å². The lowest BCUT2D eigenvalue weighted by molar-refractivity contribution is -0.0494. The molecule has 2 N–H and O–H groups in total. The van der Waals surface area contributed by atoms with Gasteiger partial charge in [0.15, 0.2) is 5.96 Å². The maximum atomic E-state index is 12.6. The fourth-order valence-electron chi connectivity index (χ4n) is 3.99. The third-order valence-electron chi connectivity index (χ3n) is 5.54. The van der Waals surface area contributed by atoms with Crippen LogP contribution in [-0.4, -0.2) is 56.9 Å². The van der Waals surface area contributed by atoms with E-state index < -0.39 is 15.5 Å². The van der Waals surface area contributed by atoms with Gasteiger partial charge in [0.2, 0.25) is 0 Å². The van der Waals surface area contributed by atoms with Crippen molar-refractivity contribution in [1.29, 1.82) is 0 Å². The summed E-state index contributed by atoms with van der Waals surface area (Å²) in [5.74, 6) is 2.14. The standard InChI is InChI=1S/C17H31F3N4O2S.HI/c1-13-4-3-5-14(12-13)6-9-22-16(21-2)23-15-7-10-24(11-8-15)27(25,26)17(18,19)20;/h13-15H,3-12H2,1-2H3,(H2,21,22,23);1H. The molecule has 2 unspecified atom stereocenters. The Morgan fingerprint density at radius 1 is 1.18 bits per heavy atom. The molecule has 0 aromatic carbocycles. The summed E-state index contributed by atoms with van der Waals surface area (Å²) in [4.78, 5) is 4.17. The first-order chi connectivity index (χ1) is 12.6. The molecule has 2 aliphatic rings. The SMILES string of the molecule is CN=C(NCCC1CCCC(C)C1)NC1CCN(S(=O)(=O)C(F)(F)F)CC1.I. The highest BCUT2D eigenvalue weighted by atomic mass is 127. The van der Waals surface area contributed by atoms with E-state index in [1.807, 2.05) is 0 Å².